The molecule has 0 saturated carbocycles. The summed E-state index contributed by atoms with van der Waals surface area (Å²) in [5.41, 5.74) is 4.75. The summed E-state index contributed by atoms with van der Waals surface area (Å²) in [6.45, 7) is 4.14. The van der Waals surface area contributed by atoms with Crippen molar-refractivity contribution in [3.05, 3.63) is 115 Å². The van der Waals surface area contributed by atoms with Gasteiger partial charge < -0.3 is 22.8 Å². The van der Waals surface area contributed by atoms with Gasteiger partial charge in [-0.2, -0.15) is 4.90 Å². The molecule has 178 valence electrons. The van der Waals surface area contributed by atoms with E-state index in [0.717, 1.165) is 51.3 Å². The van der Waals surface area contributed by atoms with Gasteiger partial charge in [0.05, 0.1) is 5.69 Å². The van der Waals surface area contributed by atoms with Gasteiger partial charge in [0.15, 0.2) is 0 Å². The van der Waals surface area contributed by atoms with Crippen molar-refractivity contribution in [2.24, 2.45) is 0 Å². The molecule has 0 N–H and O–H groups in total. The molecule has 5 nitrogen and oxygen atoms in total. The van der Waals surface area contributed by atoms with E-state index in [9.17, 15) is 0 Å². The first-order chi connectivity index (χ1) is 16.7. The Kier molecular flexibility index (Phi) is 9.71. The van der Waals surface area contributed by atoms with Gasteiger partial charge in [-0.1, -0.05) is 73.3 Å². The number of anilines is 3. The van der Waals surface area contributed by atoms with Crippen LogP contribution in [-0.4, -0.2) is 15.1 Å². The van der Waals surface area contributed by atoms with Crippen molar-refractivity contribution in [3.8, 4) is 11.4 Å². The zero-order valence-corrected chi connectivity index (χ0v) is 22.6. The Labute approximate surface area is 226 Å². The fourth-order valence-corrected chi connectivity index (χ4v) is 3.68. The van der Waals surface area contributed by atoms with E-state index in [2.05, 4.69) is 29.0 Å². The quantitative estimate of drug-likeness (QED) is 0.203. The standard InChI is InChI=1S/C22H20N5.C6H6S.Pt/c1-3-18-16(2)22(26-25-18)19-12-9-14-21(24-19)27(17-10-5-4-6-11-17)20-13-7-8-15-23-20;7-6-4-2-1-3-5-6;/h4-15H,3H2,1-2H3;1-5,7H;/q-1;;+2/p-1. The van der Waals surface area contributed by atoms with Crippen LogP contribution in [0.4, 0.5) is 17.3 Å². The smallest absolute Gasteiger partial charge is 0.780 e. The molecule has 5 aromatic rings. The molecule has 0 radical (unpaired) electrons. The van der Waals surface area contributed by atoms with Crippen molar-refractivity contribution in [2.75, 3.05) is 4.90 Å². The topological polar surface area (TPSA) is 56.0 Å². The Bertz CT molecular complexity index is 1270. The minimum absolute atomic E-state index is 0. The van der Waals surface area contributed by atoms with Gasteiger partial charge in [-0.05, 0) is 55.3 Å². The maximum Gasteiger partial charge on any atom is 2.00 e. The monoisotopic (exact) mass is 658 g/mol. The molecule has 0 aliphatic carbocycles. The number of aryl methyl sites for hydroxylation is 1. The average molecular weight is 659 g/mol. The van der Waals surface area contributed by atoms with Crippen molar-refractivity contribution in [3.63, 3.8) is 0 Å². The van der Waals surface area contributed by atoms with E-state index >= 15 is 0 Å². The van der Waals surface area contributed by atoms with Crippen LogP contribution in [0.1, 0.15) is 18.2 Å². The minimum atomic E-state index is 0. The molecule has 0 bridgehead atoms. The van der Waals surface area contributed by atoms with Crippen LogP contribution in [0.3, 0.4) is 0 Å². The molecule has 7 heteroatoms. The van der Waals surface area contributed by atoms with Crippen LogP contribution >= 0.6 is 0 Å². The molecule has 35 heavy (non-hydrogen) atoms. The molecule has 3 aromatic heterocycles. The Hall–Kier alpha value is -3.34. The summed E-state index contributed by atoms with van der Waals surface area (Å²) in [6, 6.07) is 31.5. The molecule has 0 spiro atoms. The van der Waals surface area contributed by atoms with Crippen LogP contribution in [0.25, 0.3) is 11.4 Å². The van der Waals surface area contributed by atoms with Crippen LogP contribution in [0.15, 0.2) is 108 Å². The Balaban J connectivity index is 0.000000370. The van der Waals surface area contributed by atoms with Crippen LogP contribution in [0.2, 0.25) is 0 Å². The third kappa shape index (κ3) is 6.62. The number of hydrogen-bond donors (Lipinski definition) is 0. The number of pyridine rings is 2. The first-order valence-corrected chi connectivity index (χ1v) is 11.5. The van der Waals surface area contributed by atoms with Gasteiger partial charge in [0.2, 0.25) is 0 Å². The largest absolute Gasteiger partial charge is 2.00 e. The summed E-state index contributed by atoms with van der Waals surface area (Å²) in [6.07, 6.45) is 2.65. The van der Waals surface area contributed by atoms with Crippen molar-refractivity contribution in [2.45, 2.75) is 25.2 Å². The van der Waals surface area contributed by atoms with E-state index < -0.39 is 0 Å². The van der Waals surface area contributed by atoms with Gasteiger partial charge >= 0.3 is 21.1 Å². The molecule has 0 aliphatic heterocycles. The van der Waals surface area contributed by atoms with E-state index in [0.29, 0.717) is 0 Å². The van der Waals surface area contributed by atoms with Gasteiger partial charge in [-0.25, -0.2) is 9.97 Å². The van der Waals surface area contributed by atoms with Gasteiger partial charge in [-0.3, -0.25) is 4.90 Å². The summed E-state index contributed by atoms with van der Waals surface area (Å²) < 4.78 is 0. The van der Waals surface area contributed by atoms with E-state index in [-0.39, 0.29) is 21.1 Å². The minimum Gasteiger partial charge on any atom is -0.780 e. The van der Waals surface area contributed by atoms with Crippen LogP contribution < -0.4 is 10.00 Å². The summed E-state index contributed by atoms with van der Waals surface area (Å²) in [7, 11) is 0. The second kappa shape index (κ2) is 12.9. The maximum absolute atomic E-state index is 4.89. The average Bonchev–Trinajstić information content (AvgIpc) is 3.27. The Morgan fingerprint density at radius 3 is 2.03 bits per heavy atom. The third-order valence-corrected chi connectivity index (χ3v) is 5.51. The van der Waals surface area contributed by atoms with E-state index in [4.69, 9.17) is 17.6 Å². The zero-order valence-electron chi connectivity index (χ0n) is 19.5. The number of nitrogens with zero attached hydrogens (tertiary/aromatic N) is 5. The predicted molar refractivity (Wildman–Crippen MR) is 139 cm³/mol. The van der Waals surface area contributed by atoms with Crippen LogP contribution in [0.5, 0.6) is 0 Å². The number of benzene rings is 2. The van der Waals surface area contributed by atoms with Crippen molar-refractivity contribution in [1.29, 1.82) is 0 Å². The molecule has 3 heterocycles. The van der Waals surface area contributed by atoms with E-state index in [1.807, 2.05) is 102 Å². The summed E-state index contributed by atoms with van der Waals surface area (Å²) in [5, 5.41) is 8.64. The Morgan fingerprint density at radius 1 is 0.800 bits per heavy atom. The number of rotatable bonds is 5. The third-order valence-electron chi connectivity index (χ3n) is 5.24. The molecule has 0 amide bonds. The van der Waals surface area contributed by atoms with Crippen LogP contribution in [-0.2, 0) is 40.1 Å². The molecular weight excluding hydrogens is 633 g/mol. The second-order valence-corrected chi connectivity index (χ2v) is 8.00. The van der Waals surface area contributed by atoms with Crippen molar-refractivity contribution in [1.82, 2.24) is 20.2 Å². The first kappa shape index (κ1) is 26.3. The van der Waals surface area contributed by atoms with E-state index in [1.54, 1.807) is 6.20 Å². The fraction of sp³-hybridized carbons (Fsp3) is 0.107. The SMILES string of the molecule is CCc1n[n-]c(-c2cccc(N(c3ccccc3)c3ccccn3)n2)c1C.[Pt+2].[S-]c1ccccc1. The Morgan fingerprint density at radius 2 is 1.46 bits per heavy atom. The predicted octanol–water partition coefficient (Wildman–Crippen LogP) is 6.43. The molecule has 0 aliphatic rings. The molecule has 0 saturated heterocycles. The zero-order chi connectivity index (χ0) is 23.8. The summed E-state index contributed by atoms with van der Waals surface area (Å²) >= 11 is 4.81. The number of hydrogen-bond acceptors (Lipinski definition) is 5. The molecule has 0 fully saturated rings. The fourth-order valence-electron chi connectivity index (χ4n) is 3.52. The van der Waals surface area contributed by atoms with Gasteiger partial charge in [0, 0.05) is 17.6 Å². The summed E-state index contributed by atoms with van der Waals surface area (Å²) in [5.74, 6) is 1.60. The normalized spacial score (nSPS) is 10.0. The maximum atomic E-state index is 4.89. The molecule has 5 rings (SSSR count). The molecular formula is C28H25N5PtS. The van der Waals surface area contributed by atoms with E-state index in [1.165, 1.54) is 0 Å². The van der Waals surface area contributed by atoms with Crippen LogP contribution in [0, 0.1) is 6.92 Å². The second-order valence-electron chi connectivity index (χ2n) is 7.53. The molecule has 0 unspecified atom stereocenters. The number of para-hydroxylation sites is 1. The summed E-state index contributed by atoms with van der Waals surface area (Å²) in [4.78, 5) is 12.4. The molecule has 0 atom stereocenters. The van der Waals surface area contributed by atoms with Crippen molar-refractivity contribution >= 4 is 30.0 Å². The molecule has 2 aromatic carbocycles. The first-order valence-electron chi connectivity index (χ1n) is 11.1. The van der Waals surface area contributed by atoms with Gasteiger partial charge in [0.25, 0.3) is 0 Å². The van der Waals surface area contributed by atoms with Crippen molar-refractivity contribution < 1.29 is 21.1 Å². The number of aromatic nitrogens is 4. The van der Waals surface area contributed by atoms with Gasteiger partial charge in [0.1, 0.15) is 11.6 Å². The van der Waals surface area contributed by atoms with Gasteiger partial charge in [-0.15, -0.1) is 0 Å².